The van der Waals surface area contributed by atoms with Gasteiger partial charge in [0.25, 0.3) is 0 Å². The number of nitrogens with zero attached hydrogens (tertiary/aromatic N) is 2. The van der Waals surface area contributed by atoms with Gasteiger partial charge in [0, 0.05) is 62.6 Å². The normalized spacial score (nSPS) is 23.6. The summed E-state index contributed by atoms with van der Waals surface area (Å²) in [5.74, 6) is -0.422. The number of hydrogen-bond donors (Lipinski definition) is 2. The summed E-state index contributed by atoms with van der Waals surface area (Å²) in [6, 6.07) is 24.3. The zero-order valence-corrected chi connectivity index (χ0v) is 26.4. The van der Waals surface area contributed by atoms with E-state index in [9.17, 15) is 13.5 Å². The minimum atomic E-state index is -3.79. The van der Waals surface area contributed by atoms with Gasteiger partial charge < -0.3 is 29.0 Å². The van der Waals surface area contributed by atoms with E-state index in [1.165, 1.54) is 0 Å². The maximum atomic E-state index is 13.2. The smallest absolute Gasteiger partial charge is 0.243 e. The van der Waals surface area contributed by atoms with Crippen molar-refractivity contribution in [2.45, 2.75) is 61.6 Å². The number of hydrogen-bond acceptors (Lipinski definition) is 9. The molecule has 4 aromatic rings. The molecule has 0 aliphatic carbocycles. The number of piperidine rings is 1. The van der Waals surface area contributed by atoms with Crippen LogP contribution in [-0.4, -0.2) is 68.1 Å². The van der Waals surface area contributed by atoms with E-state index < -0.39 is 22.1 Å². The van der Waals surface area contributed by atoms with Gasteiger partial charge in [0.05, 0.1) is 37.5 Å². The third kappa shape index (κ3) is 6.87. The van der Waals surface area contributed by atoms with Crippen LogP contribution in [-0.2, 0) is 42.1 Å². The summed E-state index contributed by atoms with van der Waals surface area (Å²) >= 11 is 0. The molecule has 0 saturated carbocycles. The van der Waals surface area contributed by atoms with Gasteiger partial charge in [-0.15, -0.1) is 0 Å². The van der Waals surface area contributed by atoms with E-state index >= 15 is 0 Å². The van der Waals surface area contributed by atoms with Crippen molar-refractivity contribution in [3.63, 3.8) is 0 Å². The first-order valence-corrected chi connectivity index (χ1v) is 17.3. The van der Waals surface area contributed by atoms with E-state index in [-0.39, 0.29) is 30.3 Å². The fourth-order valence-corrected chi connectivity index (χ4v) is 7.72. The largest absolute Gasteiger partial charge is 0.392 e. The molecule has 7 rings (SSSR count). The molecule has 10 nitrogen and oxygen atoms in total. The van der Waals surface area contributed by atoms with Crippen molar-refractivity contribution in [3.05, 3.63) is 107 Å². The number of benzene rings is 3. The molecule has 0 bridgehead atoms. The molecule has 2 N–H and O–H groups in total. The molecule has 3 aromatic carbocycles. The number of pyridine rings is 1. The third-order valence-electron chi connectivity index (χ3n) is 9.11. The van der Waals surface area contributed by atoms with Crippen molar-refractivity contribution >= 4 is 20.9 Å². The van der Waals surface area contributed by atoms with Crippen LogP contribution in [0.4, 0.5) is 0 Å². The summed E-state index contributed by atoms with van der Waals surface area (Å²) in [4.78, 5) is 6.86. The van der Waals surface area contributed by atoms with Gasteiger partial charge in [0.15, 0.2) is 12.1 Å². The topological polar surface area (TPSA) is 119 Å². The second-order valence-corrected chi connectivity index (χ2v) is 13.9. The lowest BCUT2D eigenvalue weighted by Gasteiger charge is -2.41. The van der Waals surface area contributed by atoms with E-state index in [1.807, 2.05) is 60.7 Å². The average molecular weight is 646 g/mol. The van der Waals surface area contributed by atoms with Crippen LogP contribution >= 0.6 is 0 Å². The Labute approximate surface area is 269 Å². The van der Waals surface area contributed by atoms with Crippen LogP contribution in [0.3, 0.4) is 0 Å². The van der Waals surface area contributed by atoms with Gasteiger partial charge in [0.1, 0.15) is 4.90 Å². The maximum absolute atomic E-state index is 13.2. The number of likely N-dealkylation sites (tertiary alicyclic amines) is 1. The summed E-state index contributed by atoms with van der Waals surface area (Å²) in [5, 5.41) is 10.3. The van der Waals surface area contributed by atoms with E-state index in [4.69, 9.17) is 18.9 Å². The predicted octanol–water partition coefficient (Wildman–Crippen LogP) is 4.59. The van der Waals surface area contributed by atoms with Crippen LogP contribution in [0.25, 0.3) is 10.9 Å². The Kier molecular flexibility index (Phi) is 9.17. The first-order valence-electron chi connectivity index (χ1n) is 15.8. The van der Waals surface area contributed by atoms with Crippen LogP contribution in [0.5, 0.6) is 0 Å². The molecule has 1 spiro atoms. The molecule has 242 valence electrons. The summed E-state index contributed by atoms with van der Waals surface area (Å²) < 4.78 is 54.0. The lowest BCUT2D eigenvalue weighted by molar-refractivity contribution is -0.255. The fraction of sp³-hybridized carbons (Fsp3) is 0.400. The van der Waals surface area contributed by atoms with Gasteiger partial charge >= 0.3 is 0 Å². The van der Waals surface area contributed by atoms with Gasteiger partial charge in [0.2, 0.25) is 10.0 Å². The quantitative estimate of drug-likeness (QED) is 0.269. The number of fused-ring (bicyclic) bond motifs is 1. The standard InChI is InChI=1S/C35H39N3O7S/c39-24-26-8-10-27(11-9-26)31-21-30(23-38-17-14-35(15-18-38)42-19-20-43-35)44-34(45-31)29-12-6-25(7-13-29)22-37-46(40,41)32-5-1-3-28-4-2-16-36-33(28)32/h1-13,16,30-31,34,37,39H,14-15,17-24H2. The number of aromatic nitrogens is 1. The fourth-order valence-electron chi connectivity index (χ4n) is 6.52. The number of aliphatic hydroxyl groups is 1. The number of para-hydroxylation sites is 1. The van der Waals surface area contributed by atoms with Gasteiger partial charge in [-0.05, 0) is 28.8 Å². The first kappa shape index (κ1) is 31.3. The van der Waals surface area contributed by atoms with E-state index in [0.717, 1.165) is 60.1 Å². The highest BCUT2D eigenvalue weighted by Gasteiger charge is 2.41. The van der Waals surface area contributed by atoms with Gasteiger partial charge in [-0.3, -0.25) is 4.98 Å². The highest BCUT2D eigenvalue weighted by molar-refractivity contribution is 7.89. The molecule has 3 saturated heterocycles. The SMILES string of the molecule is O=S(=O)(NCc1ccc(C2OC(CN3CCC4(CC3)OCCO4)CC(c3ccc(CO)cc3)O2)cc1)c1cccc2cccnc12. The molecular formula is C35H39N3O7S. The van der Waals surface area contributed by atoms with Crippen LogP contribution in [0.15, 0.2) is 90.0 Å². The van der Waals surface area contributed by atoms with Gasteiger partial charge in [-0.1, -0.05) is 66.7 Å². The average Bonchev–Trinajstić information content (AvgIpc) is 3.56. The van der Waals surface area contributed by atoms with Crippen molar-refractivity contribution in [2.24, 2.45) is 0 Å². The van der Waals surface area contributed by atoms with Crippen molar-refractivity contribution in [1.82, 2.24) is 14.6 Å². The third-order valence-corrected chi connectivity index (χ3v) is 10.5. The predicted molar refractivity (Wildman–Crippen MR) is 171 cm³/mol. The Morgan fingerprint density at radius 3 is 2.30 bits per heavy atom. The number of rotatable bonds is 9. The van der Waals surface area contributed by atoms with Gasteiger partial charge in [-0.25, -0.2) is 13.1 Å². The molecule has 11 heteroatoms. The summed E-state index contributed by atoms with van der Waals surface area (Å²) in [7, 11) is -3.79. The Morgan fingerprint density at radius 2 is 1.57 bits per heavy atom. The maximum Gasteiger partial charge on any atom is 0.243 e. The van der Waals surface area contributed by atoms with Crippen molar-refractivity contribution < 1.29 is 32.5 Å². The van der Waals surface area contributed by atoms with Crippen LogP contribution < -0.4 is 4.72 Å². The second kappa shape index (κ2) is 13.5. The Balaban J connectivity index is 1.04. The molecule has 3 atom stereocenters. The Morgan fingerprint density at radius 1 is 0.870 bits per heavy atom. The number of aliphatic hydroxyl groups excluding tert-OH is 1. The number of nitrogens with one attached hydrogen (secondary N) is 1. The molecule has 0 radical (unpaired) electrons. The summed E-state index contributed by atoms with van der Waals surface area (Å²) in [6.45, 7) is 3.96. The monoisotopic (exact) mass is 645 g/mol. The summed E-state index contributed by atoms with van der Waals surface area (Å²) in [6.07, 6.45) is 3.13. The zero-order valence-electron chi connectivity index (χ0n) is 25.6. The lowest BCUT2D eigenvalue weighted by Crippen LogP contribution is -2.48. The van der Waals surface area contributed by atoms with Crippen LogP contribution in [0, 0.1) is 0 Å². The molecular weight excluding hydrogens is 606 g/mol. The highest BCUT2D eigenvalue weighted by atomic mass is 32.2. The highest BCUT2D eigenvalue weighted by Crippen LogP contribution is 2.39. The molecule has 3 unspecified atom stereocenters. The molecule has 0 amide bonds. The van der Waals surface area contributed by atoms with E-state index in [0.29, 0.717) is 25.2 Å². The summed E-state index contributed by atoms with van der Waals surface area (Å²) in [5.41, 5.74) is 4.00. The zero-order chi connectivity index (χ0) is 31.6. The molecule has 4 heterocycles. The minimum Gasteiger partial charge on any atom is -0.392 e. The van der Waals surface area contributed by atoms with Crippen LogP contribution in [0.2, 0.25) is 0 Å². The molecule has 3 aliphatic rings. The molecule has 1 aromatic heterocycles. The molecule has 3 aliphatic heterocycles. The number of sulfonamides is 1. The van der Waals surface area contributed by atoms with Crippen molar-refractivity contribution in [2.75, 3.05) is 32.8 Å². The second-order valence-electron chi connectivity index (χ2n) is 12.2. The lowest BCUT2D eigenvalue weighted by atomic mass is 9.98. The Hall–Kier alpha value is -3.26. The Bertz CT molecular complexity index is 1730. The van der Waals surface area contributed by atoms with Crippen LogP contribution in [0.1, 0.15) is 53.9 Å². The molecule has 3 fully saturated rings. The first-order chi connectivity index (χ1) is 22.4. The van der Waals surface area contributed by atoms with E-state index in [2.05, 4.69) is 14.6 Å². The van der Waals surface area contributed by atoms with E-state index in [1.54, 1.807) is 24.4 Å². The van der Waals surface area contributed by atoms with Crippen molar-refractivity contribution in [3.8, 4) is 0 Å². The molecule has 46 heavy (non-hydrogen) atoms. The van der Waals surface area contributed by atoms with Crippen molar-refractivity contribution in [1.29, 1.82) is 0 Å². The number of ether oxygens (including phenoxy) is 4. The minimum absolute atomic E-state index is 0.00855. The van der Waals surface area contributed by atoms with Gasteiger partial charge in [-0.2, -0.15) is 0 Å².